The normalized spacial score (nSPS) is 17.5. The average Bonchev–Trinajstić information content (AvgIpc) is 2.76. The summed E-state index contributed by atoms with van der Waals surface area (Å²) in [4.78, 5) is 35.6. The number of hydrogen-bond acceptors (Lipinski definition) is 7. The second kappa shape index (κ2) is 9.12. The first-order valence-corrected chi connectivity index (χ1v) is 11.0. The molecule has 8 nitrogen and oxygen atoms in total. The van der Waals surface area contributed by atoms with Gasteiger partial charge in [-0.3, -0.25) is 10.1 Å². The number of nitro benzene ring substituents is 1. The number of ether oxygens (including phenoxy) is 3. The zero-order valence-corrected chi connectivity index (χ0v) is 18.6. The van der Waals surface area contributed by atoms with Crippen LogP contribution in [0.1, 0.15) is 43.2 Å². The van der Waals surface area contributed by atoms with Crippen LogP contribution in [0.4, 0.5) is 5.69 Å². The molecule has 0 atom stereocenters. The number of benzene rings is 2. The monoisotopic (exact) mass is 501 g/mol. The molecule has 1 aliphatic heterocycles. The fourth-order valence-electron chi connectivity index (χ4n) is 3.76. The SMILES string of the molecule is O=C1OC2(CCCCC2)OC(=O)C1=Cc1cc(Br)ccc1OCc1ccc([N+](=O)[O-])cc1. The number of nitrogens with zero attached hydrogens (tertiary/aromatic N) is 1. The maximum absolute atomic E-state index is 12.6. The molecule has 32 heavy (non-hydrogen) atoms. The van der Waals surface area contributed by atoms with E-state index in [1.807, 2.05) is 0 Å². The van der Waals surface area contributed by atoms with Gasteiger partial charge in [0.1, 0.15) is 17.9 Å². The van der Waals surface area contributed by atoms with Crippen LogP contribution in [0.2, 0.25) is 0 Å². The van der Waals surface area contributed by atoms with E-state index in [1.54, 1.807) is 30.3 Å². The van der Waals surface area contributed by atoms with Crippen molar-refractivity contribution in [3.8, 4) is 5.75 Å². The van der Waals surface area contributed by atoms with Crippen molar-refractivity contribution < 1.29 is 28.7 Å². The number of rotatable bonds is 5. The van der Waals surface area contributed by atoms with Crippen LogP contribution in [0.25, 0.3) is 6.08 Å². The van der Waals surface area contributed by atoms with Crippen molar-refractivity contribution in [3.05, 3.63) is 73.8 Å². The standard InChI is InChI=1S/C23H20BrNO7/c24-17-6-9-20(30-14-15-4-7-18(8-5-15)25(28)29)16(12-17)13-19-21(26)31-23(32-22(19)27)10-2-1-3-11-23/h4-9,12-13H,1-3,10-11,14H2. The first-order valence-electron chi connectivity index (χ1n) is 10.2. The van der Waals surface area contributed by atoms with Crippen LogP contribution in [-0.4, -0.2) is 22.6 Å². The number of nitro groups is 1. The molecular formula is C23H20BrNO7. The highest BCUT2D eigenvalue weighted by Gasteiger charge is 2.46. The Bertz CT molecular complexity index is 1070. The molecule has 1 heterocycles. The van der Waals surface area contributed by atoms with Gasteiger partial charge in [-0.15, -0.1) is 0 Å². The van der Waals surface area contributed by atoms with Gasteiger partial charge in [0.15, 0.2) is 0 Å². The molecule has 0 N–H and O–H groups in total. The Morgan fingerprint density at radius 3 is 2.31 bits per heavy atom. The highest BCUT2D eigenvalue weighted by atomic mass is 79.9. The van der Waals surface area contributed by atoms with Gasteiger partial charge in [0.2, 0.25) is 0 Å². The quantitative estimate of drug-likeness (QED) is 0.185. The summed E-state index contributed by atoms with van der Waals surface area (Å²) in [7, 11) is 0. The van der Waals surface area contributed by atoms with E-state index in [0.717, 1.165) is 29.3 Å². The zero-order chi connectivity index (χ0) is 22.7. The first kappa shape index (κ1) is 22.0. The third-order valence-electron chi connectivity index (χ3n) is 5.43. The Morgan fingerprint density at radius 1 is 1.03 bits per heavy atom. The van der Waals surface area contributed by atoms with E-state index >= 15 is 0 Å². The fourth-order valence-corrected chi connectivity index (χ4v) is 4.14. The summed E-state index contributed by atoms with van der Waals surface area (Å²) in [6, 6.07) is 11.2. The summed E-state index contributed by atoms with van der Waals surface area (Å²) in [5.74, 6) is -2.12. The van der Waals surface area contributed by atoms with Gasteiger partial charge < -0.3 is 14.2 Å². The molecule has 1 saturated heterocycles. The van der Waals surface area contributed by atoms with Crippen molar-refractivity contribution in [1.82, 2.24) is 0 Å². The van der Waals surface area contributed by atoms with E-state index in [-0.39, 0.29) is 17.9 Å². The van der Waals surface area contributed by atoms with E-state index in [2.05, 4.69) is 15.9 Å². The van der Waals surface area contributed by atoms with Gasteiger partial charge in [0, 0.05) is 35.0 Å². The maximum atomic E-state index is 12.6. The Labute approximate surface area is 192 Å². The topological polar surface area (TPSA) is 105 Å². The average molecular weight is 502 g/mol. The molecule has 2 aromatic rings. The lowest BCUT2D eigenvalue weighted by atomic mass is 9.93. The van der Waals surface area contributed by atoms with E-state index in [4.69, 9.17) is 14.2 Å². The number of hydrogen-bond donors (Lipinski definition) is 0. The van der Waals surface area contributed by atoms with Crippen molar-refractivity contribution in [2.75, 3.05) is 0 Å². The van der Waals surface area contributed by atoms with Crippen molar-refractivity contribution in [1.29, 1.82) is 0 Å². The van der Waals surface area contributed by atoms with Gasteiger partial charge in [-0.2, -0.15) is 0 Å². The van der Waals surface area contributed by atoms with Gasteiger partial charge in [0.25, 0.3) is 11.5 Å². The number of halogens is 1. The summed E-state index contributed by atoms with van der Waals surface area (Å²) >= 11 is 3.39. The number of non-ortho nitro benzene ring substituents is 1. The molecule has 0 bridgehead atoms. The smallest absolute Gasteiger partial charge is 0.348 e. The Hall–Kier alpha value is -3.20. The summed E-state index contributed by atoms with van der Waals surface area (Å²) < 4.78 is 17.7. The van der Waals surface area contributed by atoms with Crippen LogP contribution in [0.15, 0.2) is 52.5 Å². The molecule has 2 aliphatic rings. The van der Waals surface area contributed by atoms with E-state index in [9.17, 15) is 19.7 Å². The summed E-state index contributed by atoms with van der Waals surface area (Å²) in [5.41, 5.74) is 1.02. The fraction of sp³-hybridized carbons (Fsp3) is 0.304. The number of esters is 2. The molecule has 1 spiro atoms. The highest BCUT2D eigenvalue weighted by molar-refractivity contribution is 9.10. The van der Waals surface area contributed by atoms with Gasteiger partial charge in [0.05, 0.1) is 4.92 Å². The number of carbonyl (C=O) groups excluding carboxylic acids is 2. The molecule has 2 aromatic carbocycles. The van der Waals surface area contributed by atoms with Gasteiger partial charge in [-0.25, -0.2) is 9.59 Å². The summed E-state index contributed by atoms with van der Waals surface area (Å²) in [6.07, 6.45) is 5.12. The predicted molar refractivity (Wildman–Crippen MR) is 118 cm³/mol. The van der Waals surface area contributed by atoms with Crippen LogP contribution in [0.5, 0.6) is 5.75 Å². The van der Waals surface area contributed by atoms with Crippen LogP contribution < -0.4 is 4.74 Å². The van der Waals surface area contributed by atoms with Crippen molar-refractivity contribution in [2.45, 2.75) is 44.5 Å². The molecule has 166 valence electrons. The van der Waals surface area contributed by atoms with Crippen LogP contribution in [0.3, 0.4) is 0 Å². The van der Waals surface area contributed by atoms with E-state index in [0.29, 0.717) is 24.2 Å². The lowest BCUT2D eigenvalue weighted by molar-refractivity contribution is -0.384. The third kappa shape index (κ3) is 4.83. The molecule has 1 saturated carbocycles. The van der Waals surface area contributed by atoms with Gasteiger partial charge in [-0.1, -0.05) is 22.4 Å². The lowest BCUT2D eigenvalue weighted by Crippen LogP contribution is -2.47. The Kier molecular flexibility index (Phi) is 6.27. The highest BCUT2D eigenvalue weighted by Crippen LogP contribution is 2.38. The van der Waals surface area contributed by atoms with Gasteiger partial charge >= 0.3 is 11.9 Å². The van der Waals surface area contributed by atoms with E-state index < -0.39 is 22.6 Å². The maximum Gasteiger partial charge on any atom is 0.348 e. The lowest BCUT2D eigenvalue weighted by Gasteiger charge is -2.38. The van der Waals surface area contributed by atoms with Crippen LogP contribution in [0, 0.1) is 10.1 Å². The molecule has 0 amide bonds. The second-order valence-corrected chi connectivity index (χ2v) is 8.62. The first-order chi connectivity index (χ1) is 15.3. The molecule has 9 heteroatoms. The summed E-state index contributed by atoms with van der Waals surface area (Å²) in [5, 5.41) is 10.8. The molecule has 0 aromatic heterocycles. The largest absolute Gasteiger partial charge is 0.488 e. The Balaban J connectivity index is 1.54. The van der Waals surface area contributed by atoms with E-state index in [1.165, 1.54) is 18.2 Å². The van der Waals surface area contributed by atoms with Crippen molar-refractivity contribution in [2.24, 2.45) is 0 Å². The van der Waals surface area contributed by atoms with Crippen molar-refractivity contribution >= 4 is 39.6 Å². The minimum Gasteiger partial charge on any atom is -0.488 e. The zero-order valence-electron chi connectivity index (χ0n) is 17.0. The minimum absolute atomic E-state index is 0.00660. The molecule has 4 rings (SSSR count). The van der Waals surface area contributed by atoms with Crippen LogP contribution in [-0.2, 0) is 25.7 Å². The number of carbonyl (C=O) groups is 2. The Morgan fingerprint density at radius 2 is 1.69 bits per heavy atom. The predicted octanol–water partition coefficient (Wildman–Crippen LogP) is 5.08. The third-order valence-corrected chi connectivity index (χ3v) is 5.92. The second-order valence-electron chi connectivity index (χ2n) is 7.70. The summed E-state index contributed by atoms with van der Waals surface area (Å²) in [6.45, 7) is 0.147. The molecule has 0 radical (unpaired) electrons. The molecule has 1 aliphatic carbocycles. The molecular weight excluding hydrogens is 482 g/mol. The molecule has 2 fully saturated rings. The minimum atomic E-state index is -1.14. The van der Waals surface area contributed by atoms with Gasteiger partial charge in [-0.05, 0) is 54.8 Å². The van der Waals surface area contributed by atoms with Crippen LogP contribution >= 0.6 is 15.9 Å². The van der Waals surface area contributed by atoms with Crippen molar-refractivity contribution in [3.63, 3.8) is 0 Å². The molecule has 0 unspecified atom stereocenters.